The predicted octanol–water partition coefficient (Wildman–Crippen LogP) is 2.79. The molecule has 100 valence electrons. The molecule has 1 heterocycles. The van der Waals surface area contributed by atoms with Crippen LogP contribution < -0.4 is 5.73 Å². The molecular formula is C15H24N2O. The van der Waals surface area contributed by atoms with E-state index in [1.807, 2.05) is 6.07 Å². The first-order valence-electron chi connectivity index (χ1n) is 6.97. The topological polar surface area (TPSA) is 38.5 Å². The van der Waals surface area contributed by atoms with Crippen LogP contribution in [0.25, 0.3) is 0 Å². The fraction of sp³-hybridized carbons (Fsp3) is 0.600. The van der Waals surface area contributed by atoms with Crippen LogP contribution in [0.2, 0.25) is 0 Å². The Kier molecular flexibility index (Phi) is 5.02. The summed E-state index contributed by atoms with van der Waals surface area (Å²) in [6, 6.07) is 6.26. The average Bonchev–Trinajstić information content (AvgIpc) is 2.75. The van der Waals surface area contributed by atoms with Crippen molar-refractivity contribution in [2.24, 2.45) is 0 Å². The van der Waals surface area contributed by atoms with Gasteiger partial charge in [0.05, 0.1) is 0 Å². The number of unbranched alkanes of at least 4 members (excludes halogenated alkanes) is 1. The van der Waals surface area contributed by atoms with Crippen molar-refractivity contribution in [1.29, 1.82) is 0 Å². The van der Waals surface area contributed by atoms with E-state index in [-0.39, 0.29) is 0 Å². The quantitative estimate of drug-likeness (QED) is 0.595. The van der Waals surface area contributed by atoms with E-state index in [0.29, 0.717) is 0 Å². The van der Waals surface area contributed by atoms with Gasteiger partial charge in [0.2, 0.25) is 0 Å². The number of nitrogens with zero attached hydrogens (tertiary/aromatic N) is 1. The third-order valence-corrected chi connectivity index (χ3v) is 3.42. The smallest absolute Gasteiger partial charge is 0.0478 e. The van der Waals surface area contributed by atoms with Crippen LogP contribution in [0.3, 0.4) is 0 Å². The number of hydrogen-bond donors (Lipinski definition) is 1. The molecule has 1 aliphatic heterocycles. The van der Waals surface area contributed by atoms with Crippen LogP contribution >= 0.6 is 0 Å². The van der Waals surface area contributed by atoms with E-state index in [2.05, 4.69) is 24.0 Å². The lowest BCUT2D eigenvalue weighted by Crippen LogP contribution is -2.19. The van der Waals surface area contributed by atoms with Gasteiger partial charge in [0.15, 0.2) is 0 Å². The molecule has 1 aliphatic rings. The van der Waals surface area contributed by atoms with E-state index >= 15 is 0 Å². The summed E-state index contributed by atoms with van der Waals surface area (Å²) < 4.78 is 5.58. The Bertz CT molecular complexity index is 379. The highest BCUT2D eigenvalue weighted by molar-refractivity contribution is 5.46. The molecular weight excluding hydrogens is 224 g/mol. The maximum atomic E-state index is 5.81. The highest BCUT2D eigenvalue weighted by Crippen LogP contribution is 2.24. The second kappa shape index (κ2) is 6.76. The minimum atomic E-state index is 0.874. The van der Waals surface area contributed by atoms with Gasteiger partial charge >= 0.3 is 0 Å². The molecule has 0 fully saturated rings. The maximum absolute atomic E-state index is 5.81. The van der Waals surface area contributed by atoms with E-state index in [1.165, 1.54) is 24.0 Å². The van der Waals surface area contributed by atoms with Crippen molar-refractivity contribution in [3.8, 4) is 0 Å². The molecule has 0 saturated carbocycles. The molecule has 1 aromatic carbocycles. The molecule has 0 unspecified atom stereocenters. The highest BCUT2D eigenvalue weighted by Gasteiger charge is 2.17. The summed E-state index contributed by atoms with van der Waals surface area (Å²) in [7, 11) is 0. The summed E-state index contributed by atoms with van der Waals surface area (Å²) in [6.07, 6.45) is 3.50. The molecule has 0 aromatic heterocycles. The SMILES string of the molecule is CCCCOCCCN1Cc2ccc(N)cc2C1. The van der Waals surface area contributed by atoms with Gasteiger partial charge in [-0.2, -0.15) is 0 Å². The first-order chi connectivity index (χ1) is 8.79. The fourth-order valence-electron chi connectivity index (χ4n) is 2.38. The normalized spacial score (nSPS) is 14.9. The summed E-state index contributed by atoms with van der Waals surface area (Å²) in [5.74, 6) is 0. The van der Waals surface area contributed by atoms with Gasteiger partial charge in [0.1, 0.15) is 0 Å². The molecule has 0 atom stereocenters. The van der Waals surface area contributed by atoms with Crippen LogP contribution in [0.5, 0.6) is 0 Å². The van der Waals surface area contributed by atoms with Crippen LogP contribution in [-0.4, -0.2) is 24.7 Å². The molecule has 18 heavy (non-hydrogen) atoms. The van der Waals surface area contributed by atoms with E-state index in [9.17, 15) is 0 Å². The van der Waals surface area contributed by atoms with E-state index in [1.54, 1.807) is 0 Å². The number of anilines is 1. The van der Waals surface area contributed by atoms with Gasteiger partial charge in [-0.3, -0.25) is 4.90 Å². The number of rotatable bonds is 7. The molecule has 0 bridgehead atoms. The van der Waals surface area contributed by atoms with Gasteiger partial charge in [0.25, 0.3) is 0 Å². The molecule has 2 N–H and O–H groups in total. The summed E-state index contributed by atoms with van der Waals surface area (Å²) in [5.41, 5.74) is 9.50. The highest BCUT2D eigenvalue weighted by atomic mass is 16.5. The van der Waals surface area contributed by atoms with E-state index in [0.717, 1.165) is 45.0 Å². The summed E-state index contributed by atoms with van der Waals surface area (Å²) >= 11 is 0. The van der Waals surface area contributed by atoms with Crippen LogP contribution in [0.1, 0.15) is 37.3 Å². The number of hydrogen-bond acceptors (Lipinski definition) is 3. The van der Waals surface area contributed by atoms with Crippen molar-refractivity contribution in [3.63, 3.8) is 0 Å². The standard InChI is InChI=1S/C15H24N2O/c1-2-3-8-18-9-4-7-17-11-13-5-6-15(16)10-14(13)12-17/h5-6,10H,2-4,7-9,11-12,16H2,1H3. The average molecular weight is 248 g/mol. The molecule has 0 saturated heterocycles. The van der Waals surface area contributed by atoms with Crippen molar-refractivity contribution in [3.05, 3.63) is 29.3 Å². The van der Waals surface area contributed by atoms with Crippen LogP contribution in [0.15, 0.2) is 18.2 Å². The Hall–Kier alpha value is -1.06. The van der Waals surface area contributed by atoms with Crippen molar-refractivity contribution in [1.82, 2.24) is 4.90 Å². The Morgan fingerprint density at radius 2 is 1.94 bits per heavy atom. The van der Waals surface area contributed by atoms with Gasteiger partial charge in [0, 0.05) is 38.5 Å². The lowest BCUT2D eigenvalue weighted by Gasteiger charge is -2.14. The van der Waals surface area contributed by atoms with Crippen LogP contribution in [0.4, 0.5) is 5.69 Å². The Morgan fingerprint density at radius 1 is 1.17 bits per heavy atom. The third kappa shape index (κ3) is 3.72. The van der Waals surface area contributed by atoms with Gasteiger partial charge in [-0.15, -0.1) is 0 Å². The Morgan fingerprint density at radius 3 is 2.78 bits per heavy atom. The summed E-state index contributed by atoms with van der Waals surface area (Å²) in [5, 5.41) is 0. The lowest BCUT2D eigenvalue weighted by molar-refractivity contribution is 0.118. The van der Waals surface area contributed by atoms with Gasteiger partial charge in [-0.1, -0.05) is 19.4 Å². The zero-order valence-corrected chi connectivity index (χ0v) is 11.3. The first kappa shape index (κ1) is 13.4. The molecule has 0 amide bonds. The number of ether oxygens (including phenoxy) is 1. The van der Waals surface area contributed by atoms with Crippen molar-refractivity contribution >= 4 is 5.69 Å². The van der Waals surface area contributed by atoms with Gasteiger partial charge in [-0.25, -0.2) is 0 Å². The monoisotopic (exact) mass is 248 g/mol. The van der Waals surface area contributed by atoms with Crippen LogP contribution in [0, 0.1) is 0 Å². The van der Waals surface area contributed by atoms with E-state index < -0.39 is 0 Å². The zero-order valence-electron chi connectivity index (χ0n) is 11.3. The minimum absolute atomic E-state index is 0.874. The Labute approximate surface area is 110 Å². The van der Waals surface area contributed by atoms with Crippen LogP contribution in [-0.2, 0) is 17.8 Å². The van der Waals surface area contributed by atoms with Crippen molar-refractivity contribution in [2.75, 3.05) is 25.5 Å². The second-order valence-corrected chi connectivity index (χ2v) is 5.06. The van der Waals surface area contributed by atoms with E-state index in [4.69, 9.17) is 10.5 Å². The Balaban J connectivity index is 1.65. The minimum Gasteiger partial charge on any atom is -0.399 e. The first-order valence-corrected chi connectivity index (χ1v) is 6.97. The summed E-state index contributed by atoms with van der Waals surface area (Å²) in [4.78, 5) is 2.47. The molecule has 1 aromatic rings. The van der Waals surface area contributed by atoms with Gasteiger partial charge < -0.3 is 10.5 Å². The maximum Gasteiger partial charge on any atom is 0.0478 e. The largest absolute Gasteiger partial charge is 0.399 e. The fourth-order valence-corrected chi connectivity index (χ4v) is 2.38. The number of nitrogen functional groups attached to an aromatic ring is 1. The molecule has 3 nitrogen and oxygen atoms in total. The summed E-state index contributed by atoms with van der Waals surface area (Å²) in [6.45, 7) is 7.19. The van der Waals surface area contributed by atoms with Crippen molar-refractivity contribution in [2.45, 2.75) is 39.3 Å². The molecule has 0 aliphatic carbocycles. The molecule has 0 spiro atoms. The van der Waals surface area contributed by atoms with Crippen molar-refractivity contribution < 1.29 is 4.74 Å². The molecule has 3 heteroatoms. The second-order valence-electron chi connectivity index (χ2n) is 5.06. The number of nitrogens with two attached hydrogens (primary N) is 1. The zero-order chi connectivity index (χ0) is 12.8. The lowest BCUT2D eigenvalue weighted by atomic mass is 10.1. The molecule has 2 rings (SSSR count). The number of benzene rings is 1. The third-order valence-electron chi connectivity index (χ3n) is 3.42. The van der Waals surface area contributed by atoms with Gasteiger partial charge in [-0.05, 0) is 36.1 Å². The molecule has 0 radical (unpaired) electrons. The predicted molar refractivity (Wildman–Crippen MR) is 75.3 cm³/mol. The number of fused-ring (bicyclic) bond motifs is 1.